The van der Waals surface area contributed by atoms with Crippen LogP contribution in [0.15, 0.2) is 36.4 Å². The molecule has 1 aromatic rings. The smallest absolute Gasteiger partial charge is 0.330 e. The molecule has 29 heavy (non-hydrogen) atoms. The fourth-order valence-electron chi connectivity index (χ4n) is 4.64. The monoisotopic (exact) mass is 395 g/mol. The van der Waals surface area contributed by atoms with Gasteiger partial charge in [-0.15, -0.1) is 0 Å². The maximum absolute atomic E-state index is 12.5. The van der Waals surface area contributed by atoms with E-state index in [1.807, 2.05) is 6.92 Å². The van der Waals surface area contributed by atoms with Crippen molar-refractivity contribution in [3.63, 3.8) is 0 Å². The Morgan fingerprint density at radius 1 is 0.966 bits per heavy atom. The van der Waals surface area contributed by atoms with Crippen molar-refractivity contribution in [2.45, 2.75) is 64.4 Å². The fourth-order valence-corrected chi connectivity index (χ4v) is 4.64. The summed E-state index contributed by atoms with van der Waals surface area (Å²) in [6.45, 7) is 1.81. The van der Waals surface area contributed by atoms with Crippen LogP contribution in [0, 0.1) is 29.1 Å². The third kappa shape index (κ3) is 5.93. The minimum Gasteiger partial charge on any atom is -0.459 e. The van der Waals surface area contributed by atoms with Crippen LogP contribution in [-0.4, -0.2) is 18.0 Å². The van der Waals surface area contributed by atoms with Gasteiger partial charge in [-0.1, -0.05) is 6.08 Å². The lowest BCUT2D eigenvalue weighted by molar-refractivity contribution is -0.145. The van der Waals surface area contributed by atoms with Crippen molar-refractivity contribution in [1.29, 1.82) is 5.26 Å². The first-order valence-electron chi connectivity index (χ1n) is 10.6. The summed E-state index contributed by atoms with van der Waals surface area (Å²) in [5.74, 6) is 1.38. The molecule has 0 aliphatic heterocycles. The zero-order valence-corrected chi connectivity index (χ0v) is 17.0. The van der Waals surface area contributed by atoms with Crippen molar-refractivity contribution < 1.29 is 19.1 Å². The van der Waals surface area contributed by atoms with Crippen LogP contribution < -0.4 is 4.74 Å². The first-order chi connectivity index (χ1) is 14.1. The highest BCUT2D eigenvalue weighted by Gasteiger charge is 2.34. The van der Waals surface area contributed by atoms with Crippen LogP contribution in [0.1, 0.15) is 63.9 Å². The van der Waals surface area contributed by atoms with E-state index >= 15 is 0 Å². The molecule has 1 aromatic carbocycles. The lowest BCUT2D eigenvalue weighted by Crippen LogP contribution is -2.31. The number of esters is 2. The van der Waals surface area contributed by atoms with Gasteiger partial charge >= 0.3 is 11.9 Å². The van der Waals surface area contributed by atoms with Crippen LogP contribution >= 0.6 is 0 Å². The molecule has 0 bridgehead atoms. The molecule has 2 fully saturated rings. The molecule has 0 N–H and O–H groups in total. The van der Waals surface area contributed by atoms with Gasteiger partial charge in [0.15, 0.2) is 0 Å². The molecule has 3 rings (SSSR count). The summed E-state index contributed by atoms with van der Waals surface area (Å²) in [7, 11) is 0. The molecule has 0 spiro atoms. The largest absolute Gasteiger partial charge is 0.459 e. The molecule has 2 aliphatic carbocycles. The number of nitrogens with zero attached hydrogens (tertiary/aromatic N) is 1. The van der Waals surface area contributed by atoms with Gasteiger partial charge in [-0.3, -0.25) is 4.79 Å². The lowest BCUT2D eigenvalue weighted by Gasteiger charge is -2.37. The van der Waals surface area contributed by atoms with E-state index in [9.17, 15) is 9.59 Å². The molecule has 0 amide bonds. The first kappa shape index (κ1) is 21.1. The molecule has 0 saturated heterocycles. The van der Waals surface area contributed by atoms with Crippen LogP contribution in [-0.2, 0) is 14.3 Å². The third-order valence-electron chi connectivity index (χ3n) is 6.28. The fraction of sp³-hybridized carbons (Fsp3) is 0.542. The van der Waals surface area contributed by atoms with Crippen molar-refractivity contribution in [2.24, 2.45) is 17.8 Å². The normalized spacial score (nSPS) is 27.2. The predicted octanol–water partition coefficient (Wildman–Crippen LogP) is 4.95. The lowest BCUT2D eigenvalue weighted by atomic mass is 9.70. The number of nitriles is 1. The van der Waals surface area contributed by atoms with Crippen LogP contribution in [0.4, 0.5) is 0 Å². The summed E-state index contributed by atoms with van der Waals surface area (Å²) in [5.41, 5.74) is 0.552. The second-order valence-corrected chi connectivity index (χ2v) is 8.14. The second-order valence-electron chi connectivity index (χ2n) is 8.14. The summed E-state index contributed by atoms with van der Waals surface area (Å²) >= 11 is 0. The average Bonchev–Trinajstić information content (AvgIpc) is 2.75. The molecular weight excluding hydrogens is 366 g/mol. The summed E-state index contributed by atoms with van der Waals surface area (Å²) in [4.78, 5) is 24.1. The Balaban J connectivity index is 1.40. The predicted molar refractivity (Wildman–Crippen MR) is 109 cm³/mol. The molecule has 5 nitrogen and oxygen atoms in total. The molecule has 0 radical (unpaired) electrons. The van der Waals surface area contributed by atoms with Gasteiger partial charge in [-0.2, -0.15) is 5.26 Å². The molecule has 154 valence electrons. The number of ether oxygens (including phenoxy) is 2. The van der Waals surface area contributed by atoms with E-state index in [1.165, 1.54) is 6.08 Å². The van der Waals surface area contributed by atoms with Crippen molar-refractivity contribution in [1.82, 2.24) is 0 Å². The second kappa shape index (κ2) is 10.2. The molecule has 0 heterocycles. The van der Waals surface area contributed by atoms with Crippen molar-refractivity contribution in [3.05, 3.63) is 42.0 Å². The molecule has 0 unspecified atom stereocenters. The number of hydrogen-bond donors (Lipinski definition) is 0. The van der Waals surface area contributed by atoms with E-state index in [1.54, 1.807) is 30.3 Å². The van der Waals surface area contributed by atoms with Gasteiger partial charge in [0.2, 0.25) is 0 Å². The Hall–Kier alpha value is -2.61. The molecular formula is C24H29NO4. The quantitative estimate of drug-likeness (QED) is 0.401. The Kier molecular flexibility index (Phi) is 7.46. The van der Waals surface area contributed by atoms with Gasteiger partial charge in [0.25, 0.3) is 0 Å². The van der Waals surface area contributed by atoms with Crippen molar-refractivity contribution in [2.75, 3.05) is 0 Å². The van der Waals surface area contributed by atoms with Crippen molar-refractivity contribution in [3.8, 4) is 11.8 Å². The Bertz CT molecular complexity index is 761. The van der Waals surface area contributed by atoms with Gasteiger partial charge in [-0.25, -0.2) is 4.79 Å². The first-order valence-corrected chi connectivity index (χ1v) is 10.6. The zero-order chi connectivity index (χ0) is 20.6. The highest BCUT2D eigenvalue weighted by Crippen LogP contribution is 2.40. The van der Waals surface area contributed by atoms with Crippen molar-refractivity contribution >= 4 is 11.9 Å². The van der Waals surface area contributed by atoms with E-state index in [0.29, 0.717) is 23.1 Å². The molecule has 2 aliphatic rings. The molecule has 0 aromatic heterocycles. The summed E-state index contributed by atoms with van der Waals surface area (Å²) in [5, 5.41) is 8.84. The van der Waals surface area contributed by atoms with Gasteiger partial charge in [-0.05, 0) is 94.4 Å². The minimum absolute atomic E-state index is 0.0416. The van der Waals surface area contributed by atoms with Gasteiger partial charge in [0.1, 0.15) is 11.9 Å². The van der Waals surface area contributed by atoms with E-state index in [0.717, 1.165) is 51.4 Å². The summed E-state index contributed by atoms with van der Waals surface area (Å²) in [6, 6.07) is 8.71. The van der Waals surface area contributed by atoms with E-state index in [2.05, 4.69) is 6.07 Å². The number of rotatable bonds is 5. The molecule has 5 heteroatoms. The maximum Gasteiger partial charge on any atom is 0.330 e. The average molecular weight is 395 g/mol. The van der Waals surface area contributed by atoms with Crippen LogP contribution in [0.2, 0.25) is 0 Å². The van der Waals surface area contributed by atoms with E-state index < -0.39 is 0 Å². The maximum atomic E-state index is 12.5. The molecule has 2 saturated carbocycles. The standard InChI is InChI=1S/C24H29NO4/c1-2-3-23(26)28-21-14-10-19(11-15-21)18-6-8-20(9-7-18)24(27)29-22-12-4-17(16-25)5-13-22/h2-5,12-13,18-21H,6-11,14-15H2,1H3. The zero-order valence-electron chi connectivity index (χ0n) is 17.0. The van der Waals surface area contributed by atoms with Gasteiger partial charge in [0, 0.05) is 6.08 Å². The van der Waals surface area contributed by atoms with Gasteiger partial charge < -0.3 is 9.47 Å². The number of hydrogen-bond acceptors (Lipinski definition) is 5. The minimum atomic E-state index is -0.239. The van der Waals surface area contributed by atoms with Crippen LogP contribution in [0.5, 0.6) is 5.75 Å². The Morgan fingerprint density at radius 3 is 2.10 bits per heavy atom. The Morgan fingerprint density at radius 2 is 1.55 bits per heavy atom. The highest BCUT2D eigenvalue weighted by molar-refractivity contribution is 5.81. The number of allylic oxidation sites excluding steroid dienone is 1. The number of carbonyl (C=O) groups excluding carboxylic acids is 2. The van der Waals surface area contributed by atoms with Crippen LogP contribution in [0.3, 0.4) is 0 Å². The topological polar surface area (TPSA) is 76.4 Å². The summed E-state index contributed by atoms with van der Waals surface area (Å²) in [6.07, 6.45) is 11.2. The highest BCUT2D eigenvalue weighted by atomic mass is 16.5. The Labute approximate surface area is 172 Å². The summed E-state index contributed by atoms with van der Waals surface area (Å²) < 4.78 is 11.0. The van der Waals surface area contributed by atoms with Gasteiger partial charge in [0.05, 0.1) is 17.6 Å². The molecule has 0 atom stereocenters. The van der Waals surface area contributed by atoms with Crippen LogP contribution in [0.25, 0.3) is 0 Å². The van der Waals surface area contributed by atoms with E-state index in [4.69, 9.17) is 14.7 Å². The number of benzene rings is 1. The SMILES string of the molecule is CC=CC(=O)OC1CCC(C2CCC(C(=O)Oc3ccc(C#N)cc3)CC2)CC1. The van der Waals surface area contributed by atoms with E-state index in [-0.39, 0.29) is 24.0 Å². The number of carbonyl (C=O) groups is 2. The third-order valence-corrected chi connectivity index (χ3v) is 6.28.